The first-order valence-corrected chi connectivity index (χ1v) is 8.57. The highest BCUT2D eigenvalue weighted by molar-refractivity contribution is 6.35. The number of rotatable bonds is 5. The van der Waals surface area contributed by atoms with Crippen LogP contribution in [0.15, 0.2) is 48.8 Å². The van der Waals surface area contributed by atoms with Crippen LogP contribution in [0.2, 0.25) is 10.0 Å². The summed E-state index contributed by atoms with van der Waals surface area (Å²) in [4.78, 5) is 18.3. The summed E-state index contributed by atoms with van der Waals surface area (Å²) in [6, 6.07) is 8.95. The lowest BCUT2D eigenvalue weighted by atomic mass is 10.1. The van der Waals surface area contributed by atoms with Crippen molar-refractivity contribution in [1.82, 2.24) is 9.97 Å². The summed E-state index contributed by atoms with van der Waals surface area (Å²) in [5.74, 6) is -0.705. The molecule has 29 heavy (non-hydrogen) atoms. The molecule has 0 radical (unpaired) electrons. The molecule has 3 rings (SSSR count). The van der Waals surface area contributed by atoms with Gasteiger partial charge in [0.25, 0.3) is 0 Å². The molecular formula is C17H10Cl2F3N5O2. The number of benzene rings is 2. The number of nitro groups is 1. The Hall–Kier alpha value is -3.11. The van der Waals surface area contributed by atoms with E-state index in [9.17, 15) is 23.3 Å². The third-order valence-corrected chi connectivity index (χ3v) is 4.24. The maximum absolute atomic E-state index is 13.2. The van der Waals surface area contributed by atoms with Gasteiger partial charge in [-0.2, -0.15) is 13.2 Å². The van der Waals surface area contributed by atoms with E-state index in [0.717, 1.165) is 18.5 Å². The van der Waals surface area contributed by atoms with Crippen molar-refractivity contribution in [3.8, 4) is 0 Å². The highest BCUT2D eigenvalue weighted by atomic mass is 35.5. The van der Waals surface area contributed by atoms with Gasteiger partial charge in [0.15, 0.2) is 0 Å². The summed E-state index contributed by atoms with van der Waals surface area (Å²) in [5, 5.41) is 17.2. The molecule has 0 amide bonds. The smallest absolute Gasteiger partial charge is 0.334 e. The Morgan fingerprint density at radius 1 is 0.966 bits per heavy atom. The number of anilines is 4. The van der Waals surface area contributed by atoms with Gasteiger partial charge >= 0.3 is 11.9 Å². The summed E-state index contributed by atoms with van der Waals surface area (Å²) in [6.45, 7) is 0. The van der Waals surface area contributed by atoms with E-state index in [1.54, 1.807) is 0 Å². The van der Waals surface area contributed by atoms with Gasteiger partial charge in [-0.25, -0.2) is 9.97 Å². The molecule has 1 aromatic heterocycles. The lowest BCUT2D eigenvalue weighted by Crippen LogP contribution is -2.10. The van der Waals surface area contributed by atoms with Crippen molar-refractivity contribution in [2.75, 3.05) is 10.6 Å². The standard InChI is InChI=1S/C17H10Cl2F3N5O2/c18-9-5-6-11(19)13(7-9)26-16-14(27(28)29)15(23-8-24-16)25-12-4-2-1-3-10(12)17(20,21)22/h1-8H,(H2,23,24,25,26). The van der Waals surface area contributed by atoms with Crippen LogP contribution in [-0.4, -0.2) is 14.9 Å². The highest BCUT2D eigenvalue weighted by Gasteiger charge is 2.34. The Labute approximate surface area is 171 Å². The SMILES string of the molecule is O=[N+]([O-])c1c(Nc2cc(Cl)ccc2Cl)ncnc1Nc1ccccc1C(F)(F)F. The van der Waals surface area contributed by atoms with Crippen LogP contribution < -0.4 is 10.6 Å². The first-order valence-electron chi connectivity index (χ1n) is 7.81. The van der Waals surface area contributed by atoms with Crippen LogP contribution in [0.5, 0.6) is 0 Å². The minimum Gasteiger partial charge on any atom is -0.334 e. The molecule has 2 aromatic carbocycles. The highest BCUT2D eigenvalue weighted by Crippen LogP contribution is 2.39. The zero-order valence-corrected chi connectivity index (χ0v) is 15.7. The summed E-state index contributed by atoms with van der Waals surface area (Å²) in [7, 11) is 0. The monoisotopic (exact) mass is 443 g/mol. The van der Waals surface area contributed by atoms with Crippen LogP contribution in [0.25, 0.3) is 0 Å². The molecule has 3 aromatic rings. The second-order valence-corrected chi connectivity index (χ2v) is 6.44. The predicted molar refractivity (Wildman–Crippen MR) is 103 cm³/mol. The van der Waals surface area contributed by atoms with Crippen LogP contribution in [-0.2, 0) is 6.18 Å². The maximum Gasteiger partial charge on any atom is 0.418 e. The van der Waals surface area contributed by atoms with Crippen LogP contribution in [0.4, 0.5) is 41.9 Å². The molecule has 0 bridgehead atoms. The van der Waals surface area contributed by atoms with Gasteiger partial charge in [-0.1, -0.05) is 35.3 Å². The lowest BCUT2D eigenvalue weighted by Gasteiger charge is -2.15. The van der Waals surface area contributed by atoms with Gasteiger partial charge in [-0.05, 0) is 30.3 Å². The Balaban J connectivity index is 2.05. The average Bonchev–Trinajstić information content (AvgIpc) is 2.64. The van der Waals surface area contributed by atoms with E-state index in [0.29, 0.717) is 5.02 Å². The molecular weight excluding hydrogens is 434 g/mol. The van der Waals surface area contributed by atoms with Crippen LogP contribution in [0, 0.1) is 10.1 Å². The van der Waals surface area contributed by atoms with Crippen LogP contribution >= 0.6 is 23.2 Å². The Morgan fingerprint density at radius 3 is 2.21 bits per heavy atom. The third-order valence-electron chi connectivity index (χ3n) is 3.67. The van der Waals surface area contributed by atoms with Crippen molar-refractivity contribution in [1.29, 1.82) is 0 Å². The zero-order chi connectivity index (χ0) is 21.2. The van der Waals surface area contributed by atoms with Crippen molar-refractivity contribution in [2.24, 2.45) is 0 Å². The maximum atomic E-state index is 13.2. The van der Waals surface area contributed by atoms with Crippen molar-refractivity contribution in [3.05, 3.63) is 74.5 Å². The topological polar surface area (TPSA) is 93.0 Å². The number of hydrogen-bond donors (Lipinski definition) is 2. The van der Waals surface area contributed by atoms with E-state index >= 15 is 0 Å². The molecule has 150 valence electrons. The summed E-state index contributed by atoms with van der Waals surface area (Å²) < 4.78 is 39.6. The van der Waals surface area contributed by atoms with E-state index in [1.165, 1.54) is 30.3 Å². The van der Waals surface area contributed by atoms with Crippen molar-refractivity contribution in [3.63, 3.8) is 0 Å². The van der Waals surface area contributed by atoms with Gasteiger partial charge in [-0.15, -0.1) is 0 Å². The number of halogens is 5. The van der Waals surface area contributed by atoms with E-state index in [-0.39, 0.29) is 16.5 Å². The number of para-hydroxylation sites is 1. The Bertz CT molecular complexity index is 1080. The lowest BCUT2D eigenvalue weighted by molar-refractivity contribution is -0.383. The second kappa shape index (κ2) is 8.10. The van der Waals surface area contributed by atoms with E-state index < -0.39 is 33.9 Å². The number of nitrogens with one attached hydrogen (secondary N) is 2. The number of aromatic nitrogens is 2. The van der Waals surface area contributed by atoms with Crippen LogP contribution in [0.3, 0.4) is 0 Å². The molecule has 0 saturated heterocycles. The van der Waals surface area contributed by atoms with Crippen LogP contribution in [0.1, 0.15) is 5.56 Å². The molecule has 0 aliphatic carbocycles. The summed E-state index contributed by atoms with van der Waals surface area (Å²) >= 11 is 11.9. The normalized spacial score (nSPS) is 11.2. The van der Waals surface area contributed by atoms with Gasteiger partial charge in [0.2, 0.25) is 11.6 Å². The fraction of sp³-hybridized carbons (Fsp3) is 0.0588. The predicted octanol–water partition coefficient (Wildman–Crippen LogP) is 6.20. The van der Waals surface area contributed by atoms with E-state index in [2.05, 4.69) is 20.6 Å². The molecule has 1 heterocycles. The third kappa shape index (κ3) is 4.66. The molecule has 0 atom stereocenters. The number of nitrogens with zero attached hydrogens (tertiary/aromatic N) is 3. The first-order chi connectivity index (χ1) is 13.7. The largest absolute Gasteiger partial charge is 0.418 e. The van der Waals surface area contributed by atoms with Gasteiger partial charge in [0, 0.05) is 5.02 Å². The Kier molecular flexibility index (Phi) is 5.76. The fourth-order valence-corrected chi connectivity index (χ4v) is 2.76. The van der Waals surface area contributed by atoms with E-state index in [1.807, 2.05) is 0 Å². The minimum absolute atomic E-state index is 0.208. The summed E-state index contributed by atoms with van der Waals surface area (Å²) in [5.41, 5.74) is -1.84. The fourth-order valence-electron chi connectivity index (χ4n) is 2.42. The number of alkyl halides is 3. The summed E-state index contributed by atoms with van der Waals surface area (Å²) in [6.07, 6.45) is -3.70. The van der Waals surface area contributed by atoms with Gasteiger partial charge < -0.3 is 10.6 Å². The Morgan fingerprint density at radius 2 is 1.59 bits per heavy atom. The van der Waals surface area contributed by atoms with Crippen molar-refractivity contribution < 1.29 is 18.1 Å². The molecule has 0 spiro atoms. The minimum atomic E-state index is -4.67. The number of hydrogen-bond acceptors (Lipinski definition) is 6. The van der Waals surface area contributed by atoms with Crippen molar-refractivity contribution >= 4 is 51.9 Å². The van der Waals surface area contributed by atoms with E-state index in [4.69, 9.17) is 23.2 Å². The van der Waals surface area contributed by atoms with Gasteiger partial charge in [-0.3, -0.25) is 10.1 Å². The molecule has 0 unspecified atom stereocenters. The average molecular weight is 444 g/mol. The molecule has 0 aliphatic rings. The van der Waals surface area contributed by atoms with Gasteiger partial charge in [0.1, 0.15) is 6.33 Å². The molecule has 12 heteroatoms. The van der Waals surface area contributed by atoms with Gasteiger partial charge in [0.05, 0.1) is 26.9 Å². The second-order valence-electron chi connectivity index (χ2n) is 5.59. The molecule has 2 N–H and O–H groups in total. The molecule has 0 fully saturated rings. The molecule has 0 saturated carbocycles. The first kappa shape index (κ1) is 20.6. The molecule has 0 aliphatic heterocycles. The van der Waals surface area contributed by atoms with Crippen molar-refractivity contribution in [2.45, 2.75) is 6.18 Å². The quantitative estimate of drug-likeness (QED) is 0.360. The zero-order valence-electron chi connectivity index (χ0n) is 14.2. The molecule has 7 nitrogen and oxygen atoms in total.